The Morgan fingerprint density at radius 1 is 1.57 bits per heavy atom. The lowest BCUT2D eigenvalue weighted by atomic mass is 10.3. The number of thiazole rings is 1. The summed E-state index contributed by atoms with van der Waals surface area (Å²) in [6, 6.07) is 2.24. The fourth-order valence-electron chi connectivity index (χ4n) is 1.41. The monoisotopic (exact) mass is 440 g/mol. The average molecular weight is 440 g/mol. The Morgan fingerprint density at radius 2 is 2.29 bits per heavy atom. The summed E-state index contributed by atoms with van der Waals surface area (Å²) in [4.78, 5) is 25.2. The van der Waals surface area contributed by atoms with Crippen LogP contribution in [0.3, 0.4) is 0 Å². The first kappa shape index (κ1) is 16.1. The number of nitro groups is 1. The van der Waals surface area contributed by atoms with E-state index in [0.29, 0.717) is 10.0 Å². The molecule has 10 heteroatoms. The van der Waals surface area contributed by atoms with Gasteiger partial charge in [-0.25, -0.2) is 9.37 Å². The van der Waals surface area contributed by atoms with E-state index in [-0.39, 0.29) is 20.6 Å². The smallest absolute Gasteiger partial charge is 0.309 e. The SMILES string of the molecule is O=C(O)Cc1csc(Sc2cc(F)c(I)cc2[N+](=O)[O-])n1. The summed E-state index contributed by atoms with van der Waals surface area (Å²) >= 11 is 3.78. The van der Waals surface area contributed by atoms with Crippen LogP contribution in [0.2, 0.25) is 0 Å². The number of benzene rings is 1. The lowest BCUT2D eigenvalue weighted by Crippen LogP contribution is -1.99. The zero-order valence-electron chi connectivity index (χ0n) is 10.1. The lowest BCUT2D eigenvalue weighted by Gasteiger charge is -2.02. The number of carboxylic acids is 1. The van der Waals surface area contributed by atoms with Gasteiger partial charge in [0.25, 0.3) is 5.69 Å². The predicted octanol–water partition coefficient (Wildman–Crippen LogP) is 3.57. The number of nitrogens with zero attached hydrogens (tertiary/aromatic N) is 2. The molecule has 0 radical (unpaired) electrons. The highest BCUT2D eigenvalue weighted by Crippen LogP contribution is 2.38. The Labute approximate surface area is 139 Å². The van der Waals surface area contributed by atoms with Gasteiger partial charge in [0.15, 0.2) is 4.34 Å². The van der Waals surface area contributed by atoms with Crippen LogP contribution in [0.4, 0.5) is 10.1 Å². The van der Waals surface area contributed by atoms with Crippen molar-refractivity contribution in [3.63, 3.8) is 0 Å². The van der Waals surface area contributed by atoms with Crippen molar-refractivity contribution in [1.82, 2.24) is 4.98 Å². The highest BCUT2D eigenvalue weighted by Gasteiger charge is 2.20. The molecule has 0 saturated heterocycles. The third-order valence-corrected chi connectivity index (χ3v) is 5.12. The molecule has 0 saturated carbocycles. The van der Waals surface area contributed by atoms with E-state index >= 15 is 0 Å². The zero-order chi connectivity index (χ0) is 15.6. The fourth-order valence-corrected chi connectivity index (χ4v) is 3.76. The first-order valence-corrected chi connectivity index (χ1v) is 8.12. The molecule has 21 heavy (non-hydrogen) atoms. The molecular formula is C11H6FIN2O4S2. The molecular weight excluding hydrogens is 434 g/mol. The molecule has 0 aliphatic heterocycles. The minimum atomic E-state index is -1.01. The standard InChI is InChI=1S/C11H6FIN2O4S2/c12-6-2-9(8(15(18)19)3-7(6)13)21-11-14-5(4-20-11)1-10(16)17/h2-4H,1H2,(H,16,17). The van der Waals surface area contributed by atoms with Gasteiger partial charge in [0, 0.05) is 11.4 Å². The van der Waals surface area contributed by atoms with Crippen molar-refractivity contribution in [3.05, 3.63) is 42.7 Å². The molecule has 0 amide bonds. The van der Waals surface area contributed by atoms with E-state index in [2.05, 4.69) is 4.98 Å². The highest BCUT2D eigenvalue weighted by molar-refractivity contribution is 14.1. The lowest BCUT2D eigenvalue weighted by molar-refractivity contribution is -0.387. The topological polar surface area (TPSA) is 93.3 Å². The molecule has 2 aromatic rings. The molecule has 2 rings (SSSR count). The normalized spacial score (nSPS) is 10.6. The Hall–Kier alpha value is -1.27. The minimum Gasteiger partial charge on any atom is -0.481 e. The molecule has 1 aromatic carbocycles. The van der Waals surface area contributed by atoms with Gasteiger partial charge in [-0.05, 0) is 28.7 Å². The summed E-state index contributed by atoms with van der Waals surface area (Å²) in [7, 11) is 0. The molecule has 0 unspecified atom stereocenters. The number of carbonyl (C=O) groups is 1. The van der Waals surface area contributed by atoms with Crippen molar-refractivity contribution in [2.45, 2.75) is 15.7 Å². The van der Waals surface area contributed by atoms with Crippen LogP contribution in [0.15, 0.2) is 26.7 Å². The highest BCUT2D eigenvalue weighted by atomic mass is 127. The summed E-state index contributed by atoms with van der Waals surface area (Å²) in [5.41, 5.74) is 0.157. The second-order valence-corrected chi connectivity index (χ2v) is 7.08. The predicted molar refractivity (Wildman–Crippen MR) is 83.3 cm³/mol. The van der Waals surface area contributed by atoms with Gasteiger partial charge in [-0.3, -0.25) is 14.9 Å². The third kappa shape index (κ3) is 4.11. The first-order valence-electron chi connectivity index (χ1n) is 5.34. The number of halogens is 2. The Kier molecular flexibility index (Phi) is 5.11. The van der Waals surface area contributed by atoms with Crippen LogP contribution < -0.4 is 0 Å². The maximum absolute atomic E-state index is 13.6. The molecule has 0 spiro atoms. The van der Waals surface area contributed by atoms with Gasteiger partial charge >= 0.3 is 5.97 Å². The van der Waals surface area contributed by atoms with Gasteiger partial charge in [-0.15, -0.1) is 11.3 Å². The average Bonchev–Trinajstić information content (AvgIpc) is 2.79. The molecule has 6 nitrogen and oxygen atoms in total. The molecule has 0 atom stereocenters. The van der Waals surface area contributed by atoms with E-state index < -0.39 is 16.7 Å². The zero-order valence-corrected chi connectivity index (χ0v) is 13.9. The van der Waals surface area contributed by atoms with E-state index in [4.69, 9.17) is 5.11 Å². The molecule has 1 heterocycles. The number of aliphatic carboxylic acids is 1. The maximum atomic E-state index is 13.6. The molecule has 0 fully saturated rings. The van der Waals surface area contributed by atoms with Crippen molar-refractivity contribution in [3.8, 4) is 0 Å². The van der Waals surface area contributed by atoms with Gasteiger partial charge in [-0.1, -0.05) is 11.8 Å². The van der Waals surface area contributed by atoms with Gasteiger partial charge in [0.2, 0.25) is 0 Å². The molecule has 110 valence electrons. The minimum absolute atomic E-state index is 0.133. The maximum Gasteiger partial charge on any atom is 0.309 e. The summed E-state index contributed by atoms with van der Waals surface area (Å²) in [5, 5.41) is 21.2. The van der Waals surface area contributed by atoms with E-state index in [1.54, 1.807) is 28.0 Å². The first-order chi connectivity index (χ1) is 9.86. The van der Waals surface area contributed by atoms with Crippen molar-refractivity contribution >= 4 is 57.3 Å². The van der Waals surface area contributed by atoms with Crippen molar-refractivity contribution in [2.75, 3.05) is 0 Å². The second-order valence-electron chi connectivity index (χ2n) is 3.77. The number of nitro benzene ring substituents is 1. The van der Waals surface area contributed by atoms with Gasteiger partial charge in [-0.2, -0.15) is 0 Å². The number of carboxylic acid groups (broad SMARTS) is 1. The molecule has 0 aliphatic carbocycles. The molecule has 0 aliphatic rings. The summed E-state index contributed by atoms with van der Waals surface area (Å²) in [6.45, 7) is 0. The van der Waals surface area contributed by atoms with Crippen molar-refractivity contribution in [2.24, 2.45) is 0 Å². The summed E-state index contributed by atoms with van der Waals surface area (Å²) in [6.07, 6.45) is -0.222. The van der Waals surface area contributed by atoms with Crippen LogP contribution >= 0.6 is 45.7 Å². The summed E-state index contributed by atoms with van der Waals surface area (Å²) in [5.74, 6) is -1.56. The number of rotatable bonds is 5. The Bertz CT molecular complexity index is 722. The van der Waals surface area contributed by atoms with Crippen LogP contribution in [-0.2, 0) is 11.2 Å². The van der Waals surface area contributed by atoms with Gasteiger partial charge < -0.3 is 5.11 Å². The quantitative estimate of drug-likeness (QED) is 0.434. The second kappa shape index (κ2) is 6.66. The molecule has 1 N–H and O–H groups in total. The van der Waals surface area contributed by atoms with Crippen LogP contribution in [0, 0.1) is 19.5 Å². The molecule has 1 aromatic heterocycles. The van der Waals surface area contributed by atoms with E-state index in [0.717, 1.165) is 35.2 Å². The van der Waals surface area contributed by atoms with E-state index in [1.165, 1.54) is 0 Å². The largest absolute Gasteiger partial charge is 0.481 e. The van der Waals surface area contributed by atoms with E-state index in [1.807, 2.05) is 0 Å². The fraction of sp³-hybridized carbons (Fsp3) is 0.0909. The molecule has 0 bridgehead atoms. The van der Waals surface area contributed by atoms with Crippen LogP contribution in [-0.4, -0.2) is 21.0 Å². The van der Waals surface area contributed by atoms with Crippen LogP contribution in [0.5, 0.6) is 0 Å². The van der Waals surface area contributed by atoms with Gasteiger partial charge in [0.05, 0.1) is 25.5 Å². The van der Waals surface area contributed by atoms with Crippen molar-refractivity contribution < 1.29 is 19.2 Å². The van der Waals surface area contributed by atoms with Crippen LogP contribution in [0.25, 0.3) is 0 Å². The third-order valence-electron chi connectivity index (χ3n) is 2.26. The van der Waals surface area contributed by atoms with Crippen LogP contribution in [0.1, 0.15) is 5.69 Å². The van der Waals surface area contributed by atoms with Crippen molar-refractivity contribution in [1.29, 1.82) is 0 Å². The van der Waals surface area contributed by atoms with Gasteiger partial charge in [0.1, 0.15) is 5.82 Å². The number of hydrogen-bond acceptors (Lipinski definition) is 6. The Balaban J connectivity index is 2.30. The Morgan fingerprint density at radius 3 is 2.90 bits per heavy atom. The number of hydrogen-bond donors (Lipinski definition) is 1. The van der Waals surface area contributed by atoms with E-state index in [9.17, 15) is 19.3 Å². The summed E-state index contributed by atoms with van der Waals surface area (Å²) < 4.78 is 14.2. The number of aromatic nitrogens is 1.